The fourth-order valence-corrected chi connectivity index (χ4v) is 1.49. The van der Waals surface area contributed by atoms with E-state index in [-0.39, 0.29) is 5.56 Å². The van der Waals surface area contributed by atoms with Crippen LogP contribution in [0.15, 0.2) is 12.1 Å². The number of carbonyl (C=O) groups excluding carboxylic acids is 2. The molecule has 5 nitrogen and oxygen atoms in total. The van der Waals surface area contributed by atoms with Gasteiger partial charge in [-0.2, -0.15) is 5.26 Å². The molecule has 0 aliphatic heterocycles. The number of hydrogen-bond acceptors (Lipinski definition) is 5. The highest BCUT2D eigenvalue weighted by molar-refractivity contribution is 6.00. The molecule has 0 saturated heterocycles. The van der Waals surface area contributed by atoms with Crippen LogP contribution in [0.2, 0.25) is 0 Å². The molecule has 0 radical (unpaired) electrons. The number of rotatable bonds is 3. The Morgan fingerprint density at radius 3 is 1.89 bits per heavy atom. The third kappa shape index (κ3) is 2.85. The topological polar surface area (TPSA) is 76.4 Å². The zero-order valence-corrected chi connectivity index (χ0v) is 10.1. The third-order valence-electron chi connectivity index (χ3n) is 2.37. The Morgan fingerprint density at radius 1 is 1.16 bits per heavy atom. The molecule has 1 rings (SSSR count). The van der Waals surface area contributed by atoms with Gasteiger partial charge in [-0.05, 0) is 12.1 Å². The van der Waals surface area contributed by atoms with Crippen molar-refractivity contribution in [3.8, 4) is 6.07 Å². The van der Waals surface area contributed by atoms with E-state index < -0.39 is 35.1 Å². The molecule has 0 aliphatic carbocycles. The monoisotopic (exact) mass is 269 g/mol. The quantitative estimate of drug-likeness (QED) is 0.610. The fourth-order valence-electron chi connectivity index (χ4n) is 1.49. The lowest BCUT2D eigenvalue weighted by Crippen LogP contribution is -2.26. The van der Waals surface area contributed by atoms with E-state index in [0.717, 1.165) is 26.4 Å². The number of nitriles is 1. The number of hydrogen-bond donors (Lipinski definition) is 0. The van der Waals surface area contributed by atoms with Crippen molar-refractivity contribution in [1.82, 2.24) is 0 Å². The van der Waals surface area contributed by atoms with Crippen molar-refractivity contribution in [1.29, 1.82) is 5.26 Å². The molecule has 0 unspecified atom stereocenters. The molecule has 0 amide bonds. The predicted octanol–water partition coefficient (Wildman–Crippen LogP) is 1.27. The molecule has 0 fully saturated rings. The summed E-state index contributed by atoms with van der Waals surface area (Å²) in [5.74, 6) is -6.58. The van der Waals surface area contributed by atoms with Crippen molar-refractivity contribution in [3.63, 3.8) is 0 Å². The normalized spacial score (nSPS) is 9.89. The fraction of sp³-hybridized carbons (Fsp3) is 0.250. The van der Waals surface area contributed by atoms with Crippen molar-refractivity contribution in [2.45, 2.75) is 5.92 Å². The molecule has 100 valence electrons. The van der Waals surface area contributed by atoms with Gasteiger partial charge in [-0.1, -0.05) is 0 Å². The molecule has 0 heterocycles. The molecule has 1 aromatic rings. The Kier molecular flexibility index (Phi) is 4.53. The average Bonchev–Trinajstić information content (AvgIpc) is 2.40. The first-order chi connectivity index (χ1) is 8.96. The number of nitrogens with zero attached hydrogens (tertiary/aromatic N) is 1. The Morgan fingerprint density at radius 2 is 1.58 bits per heavy atom. The second-order valence-electron chi connectivity index (χ2n) is 3.44. The van der Waals surface area contributed by atoms with Gasteiger partial charge in [0.25, 0.3) is 0 Å². The van der Waals surface area contributed by atoms with Crippen molar-refractivity contribution in [2.24, 2.45) is 0 Å². The summed E-state index contributed by atoms with van der Waals surface area (Å²) in [6.07, 6.45) is 0. The van der Waals surface area contributed by atoms with Gasteiger partial charge in [0.15, 0.2) is 5.92 Å². The number of methoxy groups -OCH3 is 2. The second kappa shape index (κ2) is 5.91. The lowest BCUT2D eigenvalue weighted by Gasteiger charge is -2.14. The maximum Gasteiger partial charge on any atom is 0.324 e. The summed E-state index contributed by atoms with van der Waals surface area (Å²) in [6, 6.07) is 2.99. The van der Waals surface area contributed by atoms with Crippen molar-refractivity contribution in [3.05, 3.63) is 34.9 Å². The summed E-state index contributed by atoms with van der Waals surface area (Å²) in [6.45, 7) is 0. The number of ether oxygens (including phenoxy) is 2. The standard InChI is InChI=1S/C12H9F2NO4/c1-18-11(16)10(12(17)19-2)9-7(13)3-6(5-15)4-8(9)14/h3-4,10H,1-2H3. The van der Waals surface area contributed by atoms with Gasteiger partial charge in [0.1, 0.15) is 11.6 Å². The van der Waals surface area contributed by atoms with Crippen LogP contribution < -0.4 is 0 Å². The average molecular weight is 269 g/mol. The molecule has 1 aromatic carbocycles. The molecular weight excluding hydrogens is 260 g/mol. The molecule has 0 spiro atoms. The van der Waals surface area contributed by atoms with E-state index in [4.69, 9.17) is 5.26 Å². The van der Waals surface area contributed by atoms with Crippen molar-refractivity contribution >= 4 is 11.9 Å². The summed E-state index contributed by atoms with van der Waals surface area (Å²) in [5, 5.41) is 8.56. The Labute approximate surface area is 107 Å². The Bertz CT molecular complexity index is 526. The van der Waals surface area contributed by atoms with E-state index in [2.05, 4.69) is 9.47 Å². The van der Waals surface area contributed by atoms with Crippen molar-refractivity contribution < 1.29 is 27.8 Å². The van der Waals surface area contributed by atoms with E-state index >= 15 is 0 Å². The number of halogens is 2. The molecule has 0 atom stereocenters. The highest BCUT2D eigenvalue weighted by atomic mass is 19.1. The van der Waals surface area contributed by atoms with Gasteiger partial charge >= 0.3 is 11.9 Å². The second-order valence-corrected chi connectivity index (χ2v) is 3.44. The maximum atomic E-state index is 13.7. The molecule has 19 heavy (non-hydrogen) atoms. The lowest BCUT2D eigenvalue weighted by atomic mass is 9.96. The highest BCUT2D eigenvalue weighted by Gasteiger charge is 2.35. The van der Waals surface area contributed by atoms with Gasteiger partial charge in [0, 0.05) is 5.56 Å². The van der Waals surface area contributed by atoms with Gasteiger partial charge in [-0.15, -0.1) is 0 Å². The first-order valence-corrected chi connectivity index (χ1v) is 5.01. The third-order valence-corrected chi connectivity index (χ3v) is 2.37. The van der Waals surface area contributed by atoms with Gasteiger partial charge in [-0.3, -0.25) is 9.59 Å². The van der Waals surface area contributed by atoms with Crippen LogP contribution in [0.3, 0.4) is 0 Å². The number of benzene rings is 1. The van der Waals surface area contributed by atoms with E-state index in [1.165, 1.54) is 0 Å². The summed E-state index contributed by atoms with van der Waals surface area (Å²) >= 11 is 0. The first-order valence-electron chi connectivity index (χ1n) is 5.01. The van der Waals surface area contributed by atoms with Crippen LogP contribution in [-0.2, 0) is 19.1 Å². The number of esters is 2. The largest absolute Gasteiger partial charge is 0.468 e. The summed E-state index contributed by atoms with van der Waals surface area (Å²) in [7, 11) is 1.94. The molecular formula is C12H9F2NO4. The van der Waals surface area contributed by atoms with E-state index in [1.807, 2.05) is 0 Å². The van der Waals surface area contributed by atoms with Crippen LogP contribution in [0.5, 0.6) is 0 Å². The smallest absolute Gasteiger partial charge is 0.324 e. The lowest BCUT2D eigenvalue weighted by molar-refractivity contribution is -0.154. The first kappa shape index (κ1) is 14.6. The van der Waals surface area contributed by atoms with E-state index in [0.29, 0.717) is 0 Å². The summed E-state index contributed by atoms with van der Waals surface area (Å²) in [5.41, 5.74) is -1.08. The molecule has 0 aromatic heterocycles. The Balaban J connectivity index is 3.43. The van der Waals surface area contributed by atoms with Crippen LogP contribution in [-0.4, -0.2) is 26.2 Å². The Hall–Kier alpha value is -2.49. The van der Waals surface area contributed by atoms with Crippen LogP contribution in [0.1, 0.15) is 17.0 Å². The van der Waals surface area contributed by atoms with Gasteiger partial charge in [0.05, 0.1) is 25.9 Å². The van der Waals surface area contributed by atoms with E-state index in [1.54, 1.807) is 6.07 Å². The zero-order chi connectivity index (χ0) is 14.6. The molecule has 7 heteroatoms. The minimum absolute atomic E-state index is 0.271. The minimum Gasteiger partial charge on any atom is -0.468 e. The van der Waals surface area contributed by atoms with E-state index in [9.17, 15) is 18.4 Å². The van der Waals surface area contributed by atoms with Gasteiger partial charge < -0.3 is 9.47 Å². The SMILES string of the molecule is COC(=O)C(C(=O)OC)c1c(F)cc(C#N)cc1F. The minimum atomic E-state index is -1.87. The molecule has 0 aliphatic rings. The van der Waals surface area contributed by atoms with Crippen LogP contribution in [0.25, 0.3) is 0 Å². The zero-order valence-electron chi connectivity index (χ0n) is 10.1. The van der Waals surface area contributed by atoms with Gasteiger partial charge in [0.2, 0.25) is 0 Å². The van der Waals surface area contributed by atoms with Crippen molar-refractivity contribution in [2.75, 3.05) is 14.2 Å². The molecule has 0 N–H and O–H groups in total. The number of carbonyl (C=O) groups is 2. The molecule has 0 saturated carbocycles. The van der Waals surface area contributed by atoms with Crippen LogP contribution in [0.4, 0.5) is 8.78 Å². The van der Waals surface area contributed by atoms with Crippen LogP contribution >= 0.6 is 0 Å². The molecule has 0 bridgehead atoms. The van der Waals surface area contributed by atoms with Crippen LogP contribution in [0, 0.1) is 23.0 Å². The summed E-state index contributed by atoms with van der Waals surface area (Å²) in [4.78, 5) is 22.9. The predicted molar refractivity (Wildman–Crippen MR) is 57.8 cm³/mol. The summed E-state index contributed by atoms with van der Waals surface area (Å²) < 4.78 is 36.1. The highest BCUT2D eigenvalue weighted by Crippen LogP contribution is 2.26. The van der Waals surface area contributed by atoms with Gasteiger partial charge in [-0.25, -0.2) is 8.78 Å². The maximum absolute atomic E-state index is 13.7.